The van der Waals surface area contributed by atoms with Crippen molar-refractivity contribution in [3.8, 4) is 0 Å². The Morgan fingerprint density at radius 2 is 2.00 bits per heavy atom. The summed E-state index contributed by atoms with van der Waals surface area (Å²) < 4.78 is 15.2. The maximum Gasteiger partial charge on any atom is 0.412 e. The van der Waals surface area contributed by atoms with Crippen LogP contribution in [0, 0.1) is 19.7 Å². The quantitative estimate of drug-likeness (QED) is 0.679. The van der Waals surface area contributed by atoms with Crippen molar-refractivity contribution in [1.82, 2.24) is 9.55 Å². The maximum atomic E-state index is 13.1. The third kappa shape index (κ3) is 3.06. The van der Waals surface area contributed by atoms with E-state index in [0.29, 0.717) is 17.8 Å². The first-order valence-electron chi connectivity index (χ1n) is 8.24. The lowest BCUT2D eigenvalue weighted by Crippen LogP contribution is -2.29. The largest absolute Gasteiger partial charge is 0.465 e. The number of aryl methyl sites for hydroxylation is 1. The Morgan fingerprint density at radius 3 is 2.62 bits per heavy atom. The van der Waals surface area contributed by atoms with Crippen LogP contribution in [0.15, 0.2) is 49.2 Å². The van der Waals surface area contributed by atoms with Crippen LogP contribution in [0.1, 0.15) is 16.8 Å². The van der Waals surface area contributed by atoms with Gasteiger partial charge in [-0.3, -0.25) is 9.88 Å². The molecule has 1 N–H and O–H groups in total. The normalized spacial score (nSPS) is 10.9. The zero-order chi connectivity index (χ0) is 18.8. The van der Waals surface area contributed by atoms with Gasteiger partial charge in [-0.05, 0) is 43.2 Å². The summed E-state index contributed by atoms with van der Waals surface area (Å²) in [4.78, 5) is 17.7. The highest BCUT2D eigenvalue weighted by Gasteiger charge is 2.22. The number of pyridine rings is 1. The number of halogens is 1. The summed E-state index contributed by atoms with van der Waals surface area (Å²) in [6.45, 7) is 8.42. The number of allylic oxidation sites excluding steroid dienone is 1. The molecule has 0 saturated carbocycles. The van der Waals surface area contributed by atoms with Crippen LogP contribution in [0.2, 0.25) is 0 Å². The molecule has 1 amide bonds. The molecule has 0 saturated heterocycles. The molecule has 26 heavy (non-hydrogen) atoms. The van der Waals surface area contributed by atoms with Gasteiger partial charge < -0.3 is 9.67 Å². The van der Waals surface area contributed by atoms with Crippen molar-refractivity contribution in [2.24, 2.45) is 0 Å². The molecule has 5 nitrogen and oxygen atoms in total. The Labute approximate surface area is 151 Å². The Kier molecular flexibility index (Phi) is 4.75. The van der Waals surface area contributed by atoms with Crippen molar-refractivity contribution >= 4 is 22.8 Å². The van der Waals surface area contributed by atoms with E-state index in [1.54, 1.807) is 30.5 Å². The number of amides is 1. The first-order valence-corrected chi connectivity index (χ1v) is 8.24. The number of nitrogens with zero attached hydrogens (tertiary/aromatic N) is 3. The molecule has 0 aliphatic heterocycles. The molecule has 2 heterocycles. The molecule has 3 rings (SSSR count). The van der Waals surface area contributed by atoms with Gasteiger partial charge in [-0.25, -0.2) is 9.18 Å². The van der Waals surface area contributed by atoms with Gasteiger partial charge in [0.25, 0.3) is 0 Å². The minimum Gasteiger partial charge on any atom is -0.465 e. The average molecular weight is 353 g/mol. The molecule has 0 radical (unpaired) electrons. The second-order valence-corrected chi connectivity index (χ2v) is 6.13. The van der Waals surface area contributed by atoms with E-state index >= 15 is 0 Å². The topological polar surface area (TPSA) is 58.4 Å². The zero-order valence-electron chi connectivity index (χ0n) is 14.7. The van der Waals surface area contributed by atoms with Crippen LogP contribution in [0.3, 0.4) is 0 Å². The Morgan fingerprint density at radius 1 is 1.31 bits per heavy atom. The predicted molar refractivity (Wildman–Crippen MR) is 100 cm³/mol. The molecule has 0 atom stereocenters. The van der Waals surface area contributed by atoms with E-state index < -0.39 is 6.09 Å². The first kappa shape index (κ1) is 17.7. The molecular formula is C20H20FN3O2. The van der Waals surface area contributed by atoms with E-state index in [9.17, 15) is 14.3 Å². The lowest BCUT2D eigenvalue weighted by Gasteiger charge is -2.21. The highest BCUT2D eigenvalue weighted by atomic mass is 19.1. The molecule has 134 valence electrons. The van der Waals surface area contributed by atoms with Crippen molar-refractivity contribution in [3.05, 3.63) is 71.8 Å². The average Bonchev–Trinajstić information content (AvgIpc) is 2.86. The minimum atomic E-state index is -1.08. The standard InChI is InChI=1S/C20H20FN3O2/c1-4-11-23-14(3)13(2)18-19(23)17(9-10-22-18)24(20(25)26)12-15-5-7-16(21)8-6-15/h4-10H,1,11-12H2,2-3H3,(H,25,26). The molecule has 0 fully saturated rings. The van der Waals surface area contributed by atoms with Gasteiger partial charge >= 0.3 is 6.09 Å². The summed E-state index contributed by atoms with van der Waals surface area (Å²) >= 11 is 0. The summed E-state index contributed by atoms with van der Waals surface area (Å²) in [5.41, 5.74) is 4.81. The second-order valence-electron chi connectivity index (χ2n) is 6.13. The van der Waals surface area contributed by atoms with Gasteiger partial charge in [-0.1, -0.05) is 18.2 Å². The van der Waals surface area contributed by atoms with Gasteiger partial charge in [-0.2, -0.15) is 0 Å². The van der Waals surface area contributed by atoms with Gasteiger partial charge in [0, 0.05) is 18.4 Å². The van der Waals surface area contributed by atoms with Crippen molar-refractivity contribution in [2.75, 3.05) is 4.90 Å². The van der Waals surface area contributed by atoms with Crippen molar-refractivity contribution in [1.29, 1.82) is 0 Å². The molecule has 0 spiro atoms. The summed E-state index contributed by atoms with van der Waals surface area (Å²) in [5, 5.41) is 9.80. The monoisotopic (exact) mass is 353 g/mol. The fraction of sp³-hybridized carbons (Fsp3) is 0.200. The van der Waals surface area contributed by atoms with E-state index in [2.05, 4.69) is 11.6 Å². The Bertz CT molecular complexity index is 977. The van der Waals surface area contributed by atoms with Crippen LogP contribution in [-0.4, -0.2) is 20.8 Å². The highest BCUT2D eigenvalue weighted by Crippen LogP contribution is 2.32. The van der Waals surface area contributed by atoms with E-state index in [4.69, 9.17) is 0 Å². The number of benzene rings is 1. The number of rotatable bonds is 5. The first-order chi connectivity index (χ1) is 12.4. The Balaban J connectivity index is 2.16. The molecule has 1 aromatic carbocycles. The van der Waals surface area contributed by atoms with Crippen molar-refractivity contribution < 1.29 is 14.3 Å². The summed E-state index contributed by atoms with van der Waals surface area (Å²) in [5.74, 6) is -0.354. The van der Waals surface area contributed by atoms with Crippen LogP contribution in [0.4, 0.5) is 14.9 Å². The fourth-order valence-corrected chi connectivity index (χ4v) is 3.13. The smallest absolute Gasteiger partial charge is 0.412 e. The lowest BCUT2D eigenvalue weighted by atomic mass is 10.2. The van der Waals surface area contributed by atoms with Crippen LogP contribution in [0.5, 0.6) is 0 Å². The highest BCUT2D eigenvalue weighted by molar-refractivity contribution is 5.99. The van der Waals surface area contributed by atoms with E-state index in [0.717, 1.165) is 22.3 Å². The molecule has 6 heteroatoms. The van der Waals surface area contributed by atoms with Crippen LogP contribution < -0.4 is 4.90 Å². The molecule has 0 aliphatic rings. The molecule has 0 aliphatic carbocycles. The van der Waals surface area contributed by atoms with Gasteiger partial charge in [0.15, 0.2) is 0 Å². The SMILES string of the molecule is C=CCn1c(C)c(C)c2nccc(N(Cc3ccc(F)cc3)C(=O)O)c21. The van der Waals surface area contributed by atoms with Crippen LogP contribution in [0.25, 0.3) is 11.0 Å². The van der Waals surface area contributed by atoms with Gasteiger partial charge in [-0.15, -0.1) is 6.58 Å². The molecule has 3 aromatic rings. The van der Waals surface area contributed by atoms with E-state index in [1.807, 2.05) is 18.4 Å². The fourth-order valence-electron chi connectivity index (χ4n) is 3.13. The number of hydrogen-bond donors (Lipinski definition) is 1. The van der Waals surface area contributed by atoms with Gasteiger partial charge in [0.1, 0.15) is 5.82 Å². The number of fused-ring (bicyclic) bond motifs is 1. The molecular weight excluding hydrogens is 333 g/mol. The summed E-state index contributed by atoms with van der Waals surface area (Å²) in [7, 11) is 0. The summed E-state index contributed by atoms with van der Waals surface area (Å²) in [6, 6.07) is 7.52. The van der Waals surface area contributed by atoms with Gasteiger partial charge in [0.05, 0.1) is 23.3 Å². The number of hydrogen-bond acceptors (Lipinski definition) is 2. The zero-order valence-corrected chi connectivity index (χ0v) is 14.7. The molecule has 2 aromatic heterocycles. The number of anilines is 1. The third-order valence-corrected chi connectivity index (χ3v) is 4.56. The number of aromatic nitrogens is 2. The van der Waals surface area contributed by atoms with Crippen LogP contribution in [-0.2, 0) is 13.1 Å². The lowest BCUT2D eigenvalue weighted by molar-refractivity contribution is 0.201. The van der Waals surface area contributed by atoms with Gasteiger partial charge in [0.2, 0.25) is 0 Å². The van der Waals surface area contributed by atoms with Crippen molar-refractivity contribution in [3.63, 3.8) is 0 Å². The van der Waals surface area contributed by atoms with E-state index in [-0.39, 0.29) is 12.4 Å². The number of carbonyl (C=O) groups is 1. The third-order valence-electron chi connectivity index (χ3n) is 4.56. The van der Waals surface area contributed by atoms with E-state index in [1.165, 1.54) is 17.0 Å². The second kappa shape index (κ2) is 7.00. The minimum absolute atomic E-state index is 0.117. The van der Waals surface area contributed by atoms with Crippen molar-refractivity contribution in [2.45, 2.75) is 26.9 Å². The van der Waals surface area contributed by atoms with Crippen LogP contribution >= 0.6 is 0 Å². The maximum absolute atomic E-state index is 13.1. The summed E-state index contributed by atoms with van der Waals surface area (Å²) in [6.07, 6.45) is 2.31. The predicted octanol–water partition coefficient (Wildman–Crippen LogP) is 4.66. The molecule has 0 bridgehead atoms. The molecule has 0 unspecified atom stereocenters. The number of carboxylic acid groups (broad SMARTS) is 1. The Hall–Kier alpha value is -3.15.